The number of hydrogen-bond acceptors (Lipinski definition) is 5. The minimum absolute atomic E-state index is 0.105. The van der Waals surface area contributed by atoms with Crippen LogP contribution in [-0.4, -0.2) is 24.2 Å². The zero-order valence-electron chi connectivity index (χ0n) is 11.9. The molecule has 0 bridgehead atoms. The van der Waals surface area contributed by atoms with Crippen molar-refractivity contribution in [2.75, 3.05) is 13.2 Å². The first-order valence-electron chi connectivity index (χ1n) is 6.58. The van der Waals surface area contributed by atoms with Crippen LogP contribution in [0.1, 0.15) is 12.5 Å². The highest BCUT2D eigenvalue weighted by Gasteiger charge is 2.10. The molecule has 22 heavy (non-hydrogen) atoms. The number of carbonyl (C=O) groups excluding carboxylic acids is 1. The van der Waals surface area contributed by atoms with E-state index in [0.29, 0.717) is 5.02 Å². The second-order valence-electron chi connectivity index (χ2n) is 4.29. The molecule has 5 nitrogen and oxygen atoms in total. The molecular weight excluding hydrogens is 304 g/mol. The normalized spacial score (nSPS) is 9.86. The standard InChI is InChI=1S/C16H13ClN2O3/c1-2-21-15(20)10-22-16-12(8-18)7-13(9-19-16)11-3-5-14(17)6-4-11/h3-7,9H,2,10H2,1H3. The summed E-state index contributed by atoms with van der Waals surface area (Å²) in [5, 5.41) is 9.83. The lowest BCUT2D eigenvalue weighted by molar-refractivity contribution is -0.145. The van der Waals surface area contributed by atoms with Gasteiger partial charge in [0.1, 0.15) is 11.6 Å². The molecule has 0 aliphatic rings. The number of hydrogen-bond donors (Lipinski definition) is 0. The third kappa shape index (κ3) is 3.96. The van der Waals surface area contributed by atoms with Gasteiger partial charge in [-0.3, -0.25) is 0 Å². The van der Waals surface area contributed by atoms with E-state index < -0.39 is 5.97 Å². The quantitative estimate of drug-likeness (QED) is 0.792. The maximum Gasteiger partial charge on any atom is 0.344 e. The Kier molecular flexibility index (Phi) is 5.34. The smallest absolute Gasteiger partial charge is 0.344 e. The van der Waals surface area contributed by atoms with Gasteiger partial charge in [-0.1, -0.05) is 23.7 Å². The number of rotatable bonds is 5. The van der Waals surface area contributed by atoms with Gasteiger partial charge in [-0.2, -0.15) is 5.26 Å². The van der Waals surface area contributed by atoms with Crippen LogP contribution in [0.15, 0.2) is 36.5 Å². The first-order chi connectivity index (χ1) is 10.6. The van der Waals surface area contributed by atoms with E-state index in [0.717, 1.165) is 11.1 Å². The predicted molar refractivity (Wildman–Crippen MR) is 81.5 cm³/mol. The zero-order chi connectivity index (χ0) is 15.9. The van der Waals surface area contributed by atoms with E-state index in [9.17, 15) is 10.1 Å². The first kappa shape index (κ1) is 15.8. The minimum atomic E-state index is -0.505. The lowest BCUT2D eigenvalue weighted by Crippen LogP contribution is -2.15. The van der Waals surface area contributed by atoms with Crippen molar-refractivity contribution in [2.45, 2.75) is 6.92 Å². The first-order valence-corrected chi connectivity index (χ1v) is 6.96. The molecule has 0 saturated carbocycles. The van der Waals surface area contributed by atoms with Gasteiger partial charge >= 0.3 is 5.97 Å². The molecule has 0 unspecified atom stereocenters. The summed E-state index contributed by atoms with van der Waals surface area (Å²) in [7, 11) is 0. The van der Waals surface area contributed by atoms with E-state index in [-0.39, 0.29) is 24.7 Å². The number of halogens is 1. The number of ether oxygens (including phenoxy) is 2. The van der Waals surface area contributed by atoms with Crippen LogP contribution in [-0.2, 0) is 9.53 Å². The maximum absolute atomic E-state index is 11.3. The van der Waals surface area contributed by atoms with Crippen LogP contribution in [0.2, 0.25) is 5.02 Å². The molecule has 0 spiro atoms. The summed E-state index contributed by atoms with van der Waals surface area (Å²) < 4.78 is 9.98. The highest BCUT2D eigenvalue weighted by molar-refractivity contribution is 6.30. The van der Waals surface area contributed by atoms with Crippen molar-refractivity contribution in [1.82, 2.24) is 4.98 Å². The Labute approximate surface area is 133 Å². The van der Waals surface area contributed by atoms with E-state index in [1.54, 1.807) is 31.3 Å². The molecule has 6 heteroatoms. The fourth-order valence-electron chi connectivity index (χ4n) is 1.78. The molecule has 0 atom stereocenters. The highest BCUT2D eigenvalue weighted by Crippen LogP contribution is 2.25. The number of benzene rings is 1. The van der Waals surface area contributed by atoms with Gasteiger partial charge in [0.15, 0.2) is 6.61 Å². The molecule has 0 amide bonds. The predicted octanol–water partition coefficient (Wildman–Crippen LogP) is 3.22. The summed E-state index contributed by atoms with van der Waals surface area (Å²) >= 11 is 5.85. The van der Waals surface area contributed by atoms with Crippen molar-refractivity contribution in [1.29, 1.82) is 5.26 Å². The lowest BCUT2D eigenvalue weighted by atomic mass is 10.1. The number of esters is 1. The second kappa shape index (κ2) is 7.43. The van der Waals surface area contributed by atoms with Gasteiger partial charge in [-0.05, 0) is 30.7 Å². The summed E-state index contributed by atoms with van der Waals surface area (Å²) in [6, 6.07) is 10.8. The van der Waals surface area contributed by atoms with Crippen LogP contribution in [0.5, 0.6) is 5.88 Å². The van der Waals surface area contributed by atoms with Gasteiger partial charge in [0, 0.05) is 16.8 Å². The Hall–Kier alpha value is -2.58. The van der Waals surface area contributed by atoms with Gasteiger partial charge < -0.3 is 9.47 Å². The third-order valence-corrected chi connectivity index (χ3v) is 3.03. The highest BCUT2D eigenvalue weighted by atomic mass is 35.5. The van der Waals surface area contributed by atoms with Crippen molar-refractivity contribution >= 4 is 17.6 Å². The summed E-state index contributed by atoms with van der Waals surface area (Å²) in [5.41, 5.74) is 1.89. The second-order valence-corrected chi connectivity index (χ2v) is 4.73. The SMILES string of the molecule is CCOC(=O)COc1ncc(-c2ccc(Cl)cc2)cc1C#N. The van der Waals surface area contributed by atoms with E-state index in [1.807, 2.05) is 18.2 Å². The zero-order valence-corrected chi connectivity index (χ0v) is 12.6. The molecule has 0 fully saturated rings. The van der Waals surface area contributed by atoms with Crippen LogP contribution < -0.4 is 4.74 Å². The van der Waals surface area contributed by atoms with Gasteiger partial charge in [0.2, 0.25) is 5.88 Å². The molecule has 0 N–H and O–H groups in total. The number of pyridine rings is 1. The fourth-order valence-corrected chi connectivity index (χ4v) is 1.90. The van der Waals surface area contributed by atoms with Crippen LogP contribution in [0.25, 0.3) is 11.1 Å². The Morgan fingerprint density at radius 3 is 2.68 bits per heavy atom. The van der Waals surface area contributed by atoms with Crippen molar-refractivity contribution in [3.8, 4) is 23.1 Å². The van der Waals surface area contributed by atoms with E-state index >= 15 is 0 Å². The molecule has 0 aliphatic heterocycles. The summed E-state index contributed by atoms with van der Waals surface area (Å²) in [6.45, 7) is 1.70. The molecule has 0 aliphatic carbocycles. The Morgan fingerprint density at radius 2 is 2.05 bits per heavy atom. The Balaban J connectivity index is 2.19. The molecule has 1 heterocycles. The number of carbonyl (C=O) groups is 1. The largest absolute Gasteiger partial charge is 0.465 e. The summed E-state index contributed by atoms with van der Waals surface area (Å²) in [5.74, 6) is -0.400. The molecule has 0 radical (unpaired) electrons. The molecule has 1 aromatic carbocycles. The van der Waals surface area contributed by atoms with E-state index in [2.05, 4.69) is 4.98 Å². The van der Waals surface area contributed by atoms with Crippen LogP contribution in [0, 0.1) is 11.3 Å². The van der Waals surface area contributed by atoms with Gasteiger partial charge in [0.25, 0.3) is 0 Å². The fraction of sp³-hybridized carbons (Fsp3) is 0.188. The van der Waals surface area contributed by atoms with E-state index in [1.165, 1.54) is 0 Å². The van der Waals surface area contributed by atoms with Crippen LogP contribution >= 0.6 is 11.6 Å². The van der Waals surface area contributed by atoms with E-state index in [4.69, 9.17) is 21.1 Å². The van der Waals surface area contributed by atoms with Gasteiger partial charge in [-0.25, -0.2) is 9.78 Å². The van der Waals surface area contributed by atoms with Gasteiger partial charge in [0.05, 0.1) is 6.61 Å². The van der Waals surface area contributed by atoms with Crippen molar-refractivity contribution in [3.05, 3.63) is 47.1 Å². The minimum Gasteiger partial charge on any atom is -0.465 e. The topological polar surface area (TPSA) is 72.2 Å². The average molecular weight is 317 g/mol. The van der Waals surface area contributed by atoms with Crippen molar-refractivity contribution < 1.29 is 14.3 Å². The van der Waals surface area contributed by atoms with Crippen molar-refractivity contribution in [2.24, 2.45) is 0 Å². The molecule has 2 rings (SSSR count). The van der Waals surface area contributed by atoms with Crippen LogP contribution in [0.3, 0.4) is 0 Å². The lowest BCUT2D eigenvalue weighted by Gasteiger charge is -2.08. The average Bonchev–Trinajstić information content (AvgIpc) is 2.54. The van der Waals surface area contributed by atoms with Gasteiger partial charge in [-0.15, -0.1) is 0 Å². The maximum atomic E-state index is 11.3. The molecule has 1 aromatic heterocycles. The van der Waals surface area contributed by atoms with Crippen LogP contribution in [0.4, 0.5) is 0 Å². The molecule has 0 saturated heterocycles. The molecule has 2 aromatic rings. The summed E-state index contributed by atoms with van der Waals surface area (Å²) in [6.07, 6.45) is 1.57. The molecular formula is C16H13ClN2O3. The third-order valence-electron chi connectivity index (χ3n) is 2.78. The number of nitriles is 1. The summed E-state index contributed by atoms with van der Waals surface area (Å²) in [4.78, 5) is 15.4. The Bertz CT molecular complexity index is 708. The number of nitrogens with zero attached hydrogens (tertiary/aromatic N) is 2. The molecule has 112 valence electrons. The monoisotopic (exact) mass is 316 g/mol. The Morgan fingerprint density at radius 1 is 1.32 bits per heavy atom. The van der Waals surface area contributed by atoms with Crippen molar-refractivity contribution in [3.63, 3.8) is 0 Å². The number of aromatic nitrogens is 1.